The van der Waals surface area contributed by atoms with E-state index in [9.17, 15) is 9.18 Å². The number of guanidine groups is 1. The third-order valence-corrected chi connectivity index (χ3v) is 6.63. The molecular formula is C25H37FN8O. The number of halogens is 1. The van der Waals surface area contributed by atoms with E-state index in [0.717, 1.165) is 74.5 Å². The molecule has 10 heteroatoms. The van der Waals surface area contributed by atoms with Gasteiger partial charge in [0, 0.05) is 49.6 Å². The van der Waals surface area contributed by atoms with Gasteiger partial charge in [0.1, 0.15) is 6.17 Å². The average Bonchev–Trinajstić information content (AvgIpc) is 3.28. The number of benzene rings is 1. The van der Waals surface area contributed by atoms with E-state index in [4.69, 9.17) is 11.5 Å². The Morgan fingerprint density at radius 3 is 2.80 bits per heavy atom. The van der Waals surface area contributed by atoms with Crippen LogP contribution in [0.2, 0.25) is 0 Å². The predicted octanol–water partition coefficient (Wildman–Crippen LogP) is 1.74. The van der Waals surface area contributed by atoms with Crippen LogP contribution in [0, 0.1) is 5.92 Å². The number of amides is 2. The molecule has 0 aromatic heterocycles. The summed E-state index contributed by atoms with van der Waals surface area (Å²) in [4.78, 5) is 20.8. The summed E-state index contributed by atoms with van der Waals surface area (Å²) < 4.78 is 12.6. The van der Waals surface area contributed by atoms with E-state index in [2.05, 4.69) is 31.9 Å². The Bertz CT molecular complexity index is 957. The second-order valence-electron chi connectivity index (χ2n) is 9.31. The lowest BCUT2D eigenvalue weighted by Crippen LogP contribution is -2.52. The monoisotopic (exact) mass is 484 g/mol. The van der Waals surface area contributed by atoms with Crippen LogP contribution in [0.5, 0.6) is 0 Å². The molecule has 2 atom stereocenters. The maximum Gasteiger partial charge on any atom is 0.327 e. The minimum Gasteiger partial charge on any atom is -0.370 e. The lowest BCUT2D eigenvalue weighted by Gasteiger charge is -2.34. The average molecular weight is 485 g/mol. The molecule has 1 aromatic carbocycles. The molecule has 0 bridgehead atoms. The number of nitrogens with one attached hydrogen (secondary N) is 3. The van der Waals surface area contributed by atoms with Gasteiger partial charge in [-0.3, -0.25) is 14.3 Å². The second kappa shape index (κ2) is 12.0. The van der Waals surface area contributed by atoms with Gasteiger partial charge in [-0.2, -0.15) is 0 Å². The molecule has 3 aliphatic rings. The number of carbonyl (C=O) groups excluding carboxylic acids is 1. The molecule has 7 N–H and O–H groups in total. The Morgan fingerprint density at radius 1 is 1.20 bits per heavy atom. The van der Waals surface area contributed by atoms with E-state index < -0.39 is 0 Å². The highest BCUT2D eigenvalue weighted by Gasteiger charge is 2.34. The van der Waals surface area contributed by atoms with Gasteiger partial charge in [0.05, 0.1) is 12.4 Å². The number of nitrogens with zero attached hydrogens (tertiary/aromatic N) is 3. The normalized spacial score (nSPS) is 22.1. The summed E-state index contributed by atoms with van der Waals surface area (Å²) >= 11 is 0. The molecule has 1 fully saturated rings. The zero-order valence-electron chi connectivity index (χ0n) is 20.2. The number of hydrogen-bond acceptors (Lipinski definition) is 5. The summed E-state index contributed by atoms with van der Waals surface area (Å²) in [6.45, 7) is 4.66. The van der Waals surface area contributed by atoms with E-state index >= 15 is 0 Å². The van der Waals surface area contributed by atoms with E-state index in [0.29, 0.717) is 18.9 Å². The molecule has 2 unspecified atom stereocenters. The molecule has 0 saturated carbocycles. The van der Waals surface area contributed by atoms with Crippen LogP contribution >= 0.6 is 0 Å². The zero-order valence-corrected chi connectivity index (χ0v) is 20.2. The maximum absolute atomic E-state index is 12.8. The van der Waals surface area contributed by atoms with Gasteiger partial charge < -0.3 is 32.3 Å². The summed E-state index contributed by atoms with van der Waals surface area (Å²) in [6, 6.07) is 7.82. The molecular weight excluding hydrogens is 447 g/mol. The van der Waals surface area contributed by atoms with Crippen LogP contribution in [0.15, 0.2) is 52.8 Å². The number of carbonyl (C=O) groups is 1. The fourth-order valence-corrected chi connectivity index (χ4v) is 4.83. The first-order chi connectivity index (χ1) is 17.0. The molecule has 3 heterocycles. The van der Waals surface area contributed by atoms with Crippen molar-refractivity contribution < 1.29 is 9.18 Å². The van der Waals surface area contributed by atoms with Crippen LogP contribution in [-0.2, 0) is 6.54 Å². The van der Waals surface area contributed by atoms with Crippen molar-refractivity contribution in [1.29, 1.82) is 0 Å². The Hall–Kier alpha value is -3.11. The Labute approximate surface area is 206 Å². The highest BCUT2D eigenvalue weighted by Crippen LogP contribution is 2.30. The highest BCUT2D eigenvalue weighted by molar-refractivity contribution is 5.96. The van der Waals surface area contributed by atoms with Gasteiger partial charge in [-0.05, 0) is 62.5 Å². The Kier molecular flexibility index (Phi) is 8.59. The minimum atomic E-state index is -0.267. The van der Waals surface area contributed by atoms with E-state index in [1.807, 2.05) is 30.5 Å². The van der Waals surface area contributed by atoms with E-state index in [1.54, 1.807) is 4.90 Å². The van der Waals surface area contributed by atoms with Crippen molar-refractivity contribution in [2.24, 2.45) is 22.4 Å². The maximum atomic E-state index is 12.8. The molecule has 0 aliphatic carbocycles. The van der Waals surface area contributed by atoms with E-state index in [1.165, 1.54) is 0 Å². The van der Waals surface area contributed by atoms with Crippen LogP contribution in [-0.4, -0.2) is 62.5 Å². The van der Waals surface area contributed by atoms with Crippen molar-refractivity contribution in [3.8, 4) is 0 Å². The molecule has 3 aliphatic heterocycles. The van der Waals surface area contributed by atoms with Gasteiger partial charge in [0.15, 0.2) is 5.96 Å². The minimum absolute atomic E-state index is 0.120. The summed E-state index contributed by atoms with van der Waals surface area (Å²) in [7, 11) is 0. The van der Waals surface area contributed by atoms with Gasteiger partial charge in [-0.15, -0.1) is 0 Å². The fourth-order valence-electron chi connectivity index (χ4n) is 4.83. The van der Waals surface area contributed by atoms with Crippen LogP contribution < -0.4 is 32.3 Å². The summed E-state index contributed by atoms with van der Waals surface area (Å²) in [5.41, 5.74) is 14.8. The molecule has 4 rings (SSSR count). The van der Waals surface area contributed by atoms with Crippen molar-refractivity contribution in [1.82, 2.24) is 20.9 Å². The standard InChI is InChI=1S/C25H37FN8O/c26-9-2-13-33-12-1-4-19(16-33)22-14-20-17-34(25(35)32-23(20)31-22)21-7-5-18(6-8-21)15-29-10-3-11-30-24(27)28/h5-8,14,17,19,23,29,31H,1-4,9-13,15-16H2,(H,32,35)(H4,27,28,30). The first-order valence-electron chi connectivity index (χ1n) is 12.5. The third kappa shape index (κ3) is 6.73. The van der Waals surface area contributed by atoms with Gasteiger partial charge in [-0.1, -0.05) is 12.1 Å². The quantitative estimate of drug-likeness (QED) is 0.185. The van der Waals surface area contributed by atoms with Crippen molar-refractivity contribution in [2.45, 2.75) is 38.4 Å². The second-order valence-corrected chi connectivity index (χ2v) is 9.31. The van der Waals surface area contributed by atoms with Crippen molar-refractivity contribution in [2.75, 3.05) is 44.3 Å². The lowest BCUT2D eigenvalue weighted by atomic mass is 9.94. The SMILES string of the molecule is NC(N)=NCCCNCc1ccc(N2C=C3C=C(C4CCCN(CCCF)C4)NC3NC2=O)cc1. The summed E-state index contributed by atoms with van der Waals surface area (Å²) in [5.74, 6) is 0.501. The number of piperidine rings is 1. The smallest absolute Gasteiger partial charge is 0.327 e. The first-order valence-corrected chi connectivity index (χ1v) is 12.5. The number of urea groups is 1. The first kappa shape index (κ1) is 25.0. The number of alkyl halides is 1. The topological polar surface area (TPSA) is 124 Å². The Balaban J connectivity index is 1.33. The number of nitrogens with two attached hydrogens (primary N) is 2. The van der Waals surface area contributed by atoms with Gasteiger partial charge in [0.2, 0.25) is 0 Å². The van der Waals surface area contributed by atoms with Crippen molar-refractivity contribution in [3.05, 3.63) is 53.4 Å². The number of aliphatic imine (C=N–C) groups is 1. The largest absolute Gasteiger partial charge is 0.370 e. The highest BCUT2D eigenvalue weighted by atomic mass is 19.1. The van der Waals surface area contributed by atoms with Crippen molar-refractivity contribution >= 4 is 17.7 Å². The van der Waals surface area contributed by atoms with Crippen molar-refractivity contribution in [3.63, 3.8) is 0 Å². The van der Waals surface area contributed by atoms with Crippen LogP contribution in [0.4, 0.5) is 14.9 Å². The van der Waals surface area contributed by atoms with Gasteiger partial charge in [-0.25, -0.2) is 4.79 Å². The molecule has 35 heavy (non-hydrogen) atoms. The predicted molar refractivity (Wildman–Crippen MR) is 137 cm³/mol. The number of fused-ring (bicyclic) bond motifs is 1. The molecule has 0 radical (unpaired) electrons. The number of rotatable bonds is 11. The molecule has 9 nitrogen and oxygen atoms in total. The van der Waals surface area contributed by atoms with Crippen LogP contribution in [0.25, 0.3) is 0 Å². The zero-order chi connectivity index (χ0) is 24.6. The Morgan fingerprint density at radius 2 is 2.03 bits per heavy atom. The lowest BCUT2D eigenvalue weighted by molar-refractivity contribution is 0.181. The van der Waals surface area contributed by atoms with Gasteiger partial charge in [0.25, 0.3) is 0 Å². The van der Waals surface area contributed by atoms with Crippen LogP contribution in [0.3, 0.4) is 0 Å². The number of likely N-dealkylation sites (tertiary alicyclic amines) is 1. The molecule has 1 saturated heterocycles. The fraction of sp³-hybridized carbons (Fsp3) is 0.520. The summed E-state index contributed by atoms with van der Waals surface area (Å²) in [6.07, 6.45) is 7.55. The van der Waals surface area contributed by atoms with E-state index in [-0.39, 0.29) is 24.8 Å². The molecule has 190 valence electrons. The molecule has 1 aromatic rings. The number of anilines is 1. The van der Waals surface area contributed by atoms with Crippen LogP contribution in [0.1, 0.15) is 31.2 Å². The molecule has 0 spiro atoms. The number of hydrogen-bond donors (Lipinski definition) is 5. The molecule has 2 amide bonds. The van der Waals surface area contributed by atoms with Gasteiger partial charge >= 0.3 is 6.03 Å². The third-order valence-electron chi connectivity index (χ3n) is 6.63. The summed E-state index contributed by atoms with van der Waals surface area (Å²) in [5, 5.41) is 9.94.